The second-order valence-corrected chi connectivity index (χ2v) is 8.20. The maximum atomic E-state index is 12.3. The molecule has 1 atom stereocenters. The Balaban J connectivity index is 1.63. The van der Waals surface area contributed by atoms with E-state index in [1.54, 1.807) is 0 Å². The minimum Gasteiger partial charge on any atom is -0.480 e. The lowest BCUT2D eigenvalue weighted by Gasteiger charge is -2.36. The lowest BCUT2D eigenvalue weighted by molar-refractivity contribution is -0.138. The number of piperidine rings is 1. The lowest BCUT2D eigenvalue weighted by Crippen LogP contribution is -2.42. The zero-order chi connectivity index (χ0) is 23.1. The first-order valence-corrected chi connectivity index (χ1v) is 10.8. The summed E-state index contributed by atoms with van der Waals surface area (Å²) in [7, 11) is 0. The van der Waals surface area contributed by atoms with Crippen LogP contribution < -0.4 is 16.0 Å². The summed E-state index contributed by atoms with van der Waals surface area (Å²) in [5.74, 6) is -0.716. The van der Waals surface area contributed by atoms with Gasteiger partial charge in [-0.25, -0.2) is 4.79 Å². The molecule has 1 aliphatic heterocycles. The Morgan fingerprint density at radius 1 is 1.03 bits per heavy atom. The fourth-order valence-corrected chi connectivity index (χ4v) is 4.10. The van der Waals surface area contributed by atoms with Gasteiger partial charge in [-0.3, -0.25) is 14.5 Å². The maximum absolute atomic E-state index is 12.3. The number of anilines is 2. The van der Waals surface area contributed by atoms with E-state index in [4.69, 9.17) is 5.11 Å². The number of carboxylic acids is 1. The van der Waals surface area contributed by atoms with Crippen molar-refractivity contribution >= 4 is 29.3 Å². The Morgan fingerprint density at radius 3 is 2.28 bits per heavy atom. The molecule has 170 valence electrons. The van der Waals surface area contributed by atoms with Crippen molar-refractivity contribution in [2.45, 2.75) is 32.7 Å². The SMILES string of the molecule is CC(=O)NC(c1ccc(NC(=O)Nc2ccccc2C)cc1)C1CCN(CC(=O)O)CC1. The molecule has 3 amide bonds. The molecule has 8 nitrogen and oxygen atoms in total. The summed E-state index contributed by atoms with van der Waals surface area (Å²) in [6, 6.07) is 14.5. The summed E-state index contributed by atoms with van der Waals surface area (Å²) in [4.78, 5) is 37.0. The fraction of sp³-hybridized carbons (Fsp3) is 0.375. The van der Waals surface area contributed by atoms with Gasteiger partial charge in [-0.05, 0) is 68.1 Å². The van der Waals surface area contributed by atoms with Crippen LogP contribution in [0.15, 0.2) is 48.5 Å². The average Bonchev–Trinajstić information content (AvgIpc) is 2.74. The van der Waals surface area contributed by atoms with Gasteiger partial charge < -0.3 is 21.1 Å². The van der Waals surface area contributed by atoms with E-state index < -0.39 is 5.97 Å². The predicted octanol–water partition coefficient (Wildman–Crippen LogP) is 3.61. The second kappa shape index (κ2) is 10.8. The van der Waals surface area contributed by atoms with Crippen molar-refractivity contribution in [1.29, 1.82) is 0 Å². The van der Waals surface area contributed by atoms with Gasteiger partial charge >= 0.3 is 12.0 Å². The number of para-hydroxylation sites is 1. The van der Waals surface area contributed by atoms with Crippen LogP contribution in [0, 0.1) is 12.8 Å². The van der Waals surface area contributed by atoms with Crippen LogP contribution in [0.2, 0.25) is 0 Å². The first kappa shape index (κ1) is 23.3. The Morgan fingerprint density at radius 2 is 1.69 bits per heavy atom. The van der Waals surface area contributed by atoms with Crippen molar-refractivity contribution in [2.24, 2.45) is 5.92 Å². The third kappa shape index (κ3) is 6.55. The third-order valence-corrected chi connectivity index (χ3v) is 5.74. The van der Waals surface area contributed by atoms with Gasteiger partial charge in [-0.15, -0.1) is 0 Å². The number of benzene rings is 2. The van der Waals surface area contributed by atoms with E-state index in [9.17, 15) is 14.4 Å². The minimum atomic E-state index is -0.823. The highest BCUT2D eigenvalue weighted by molar-refractivity contribution is 6.00. The lowest BCUT2D eigenvalue weighted by atomic mass is 9.85. The molecule has 1 heterocycles. The molecule has 0 aromatic heterocycles. The van der Waals surface area contributed by atoms with Gasteiger partial charge in [0, 0.05) is 18.3 Å². The van der Waals surface area contributed by atoms with Gasteiger partial charge in [0.05, 0.1) is 12.6 Å². The van der Waals surface area contributed by atoms with Crippen molar-refractivity contribution in [2.75, 3.05) is 30.3 Å². The van der Waals surface area contributed by atoms with E-state index in [2.05, 4.69) is 16.0 Å². The van der Waals surface area contributed by atoms with E-state index >= 15 is 0 Å². The van der Waals surface area contributed by atoms with Crippen LogP contribution in [0.5, 0.6) is 0 Å². The highest BCUT2D eigenvalue weighted by Crippen LogP contribution is 2.31. The number of aryl methyl sites for hydroxylation is 1. The van der Waals surface area contributed by atoms with E-state index in [-0.39, 0.29) is 30.4 Å². The van der Waals surface area contributed by atoms with Crippen molar-refractivity contribution in [3.63, 3.8) is 0 Å². The van der Waals surface area contributed by atoms with Crippen LogP contribution in [-0.2, 0) is 9.59 Å². The molecular weight excluding hydrogens is 408 g/mol. The Bertz CT molecular complexity index is 953. The Kier molecular flexibility index (Phi) is 7.83. The molecule has 0 bridgehead atoms. The second-order valence-electron chi connectivity index (χ2n) is 8.20. The van der Waals surface area contributed by atoms with Crippen molar-refractivity contribution in [3.8, 4) is 0 Å². The zero-order valence-corrected chi connectivity index (χ0v) is 18.4. The van der Waals surface area contributed by atoms with E-state index in [0.717, 1.165) is 29.7 Å². The molecule has 8 heteroatoms. The molecule has 1 saturated heterocycles. The molecule has 0 saturated carbocycles. The molecular formula is C24H30N4O4. The number of carboxylic acid groups (broad SMARTS) is 1. The van der Waals surface area contributed by atoms with Crippen LogP contribution in [0.25, 0.3) is 0 Å². The van der Waals surface area contributed by atoms with Crippen LogP contribution in [0.1, 0.15) is 36.9 Å². The standard InChI is InChI=1S/C24H30N4O4/c1-16-5-3-4-6-21(16)27-24(32)26-20-9-7-18(8-10-20)23(25-17(2)29)19-11-13-28(14-12-19)15-22(30)31/h3-10,19,23H,11-15H2,1-2H3,(H,25,29)(H,30,31)(H2,26,27,32). The molecule has 2 aromatic carbocycles. The minimum absolute atomic E-state index is 0.0441. The quantitative estimate of drug-likeness (QED) is 0.528. The normalized spacial score (nSPS) is 15.6. The number of urea groups is 1. The molecule has 0 spiro atoms. The molecule has 0 radical (unpaired) electrons. The van der Waals surface area contributed by atoms with Crippen molar-refractivity contribution < 1.29 is 19.5 Å². The summed E-state index contributed by atoms with van der Waals surface area (Å²) in [6.07, 6.45) is 1.61. The molecule has 1 unspecified atom stereocenters. The first-order chi connectivity index (χ1) is 15.3. The molecule has 3 rings (SSSR count). The summed E-state index contributed by atoms with van der Waals surface area (Å²) >= 11 is 0. The number of hydrogen-bond donors (Lipinski definition) is 4. The molecule has 1 aliphatic rings. The number of hydrogen-bond acceptors (Lipinski definition) is 4. The summed E-state index contributed by atoms with van der Waals surface area (Å²) in [5, 5.41) is 17.7. The van der Waals surface area contributed by atoms with Crippen LogP contribution >= 0.6 is 0 Å². The first-order valence-electron chi connectivity index (χ1n) is 10.8. The van der Waals surface area contributed by atoms with E-state index in [0.29, 0.717) is 18.8 Å². The maximum Gasteiger partial charge on any atom is 0.323 e. The number of carbonyl (C=O) groups excluding carboxylic acids is 2. The zero-order valence-electron chi connectivity index (χ0n) is 18.4. The monoisotopic (exact) mass is 438 g/mol. The average molecular weight is 439 g/mol. The van der Waals surface area contributed by atoms with Gasteiger partial charge in [0.25, 0.3) is 0 Å². The van der Waals surface area contributed by atoms with Gasteiger partial charge in [0.15, 0.2) is 0 Å². The molecule has 0 aliphatic carbocycles. The Hall–Kier alpha value is -3.39. The highest BCUT2D eigenvalue weighted by Gasteiger charge is 2.29. The van der Waals surface area contributed by atoms with Crippen molar-refractivity contribution in [1.82, 2.24) is 10.2 Å². The van der Waals surface area contributed by atoms with Crippen molar-refractivity contribution in [3.05, 3.63) is 59.7 Å². The number of carbonyl (C=O) groups is 3. The smallest absolute Gasteiger partial charge is 0.323 e. The van der Waals surface area contributed by atoms with E-state index in [1.165, 1.54) is 6.92 Å². The number of amides is 3. The molecule has 4 N–H and O–H groups in total. The number of rotatable bonds is 7. The number of nitrogens with one attached hydrogen (secondary N) is 3. The summed E-state index contributed by atoms with van der Waals surface area (Å²) < 4.78 is 0. The molecule has 1 fully saturated rings. The number of nitrogens with zero attached hydrogens (tertiary/aromatic N) is 1. The number of aliphatic carboxylic acids is 1. The summed E-state index contributed by atoms with van der Waals surface area (Å²) in [6.45, 7) is 4.84. The fourth-order valence-electron chi connectivity index (χ4n) is 4.10. The van der Waals surface area contributed by atoms with Crippen LogP contribution in [0.4, 0.5) is 16.2 Å². The molecule has 32 heavy (non-hydrogen) atoms. The van der Waals surface area contributed by atoms with Gasteiger partial charge in [-0.1, -0.05) is 30.3 Å². The van der Waals surface area contributed by atoms with Gasteiger partial charge in [0.2, 0.25) is 5.91 Å². The highest BCUT2D eigenvalue weighted by atomic mass is 16.4. The van der Waals surface area contributed by atoms with Gasteiger partial charge in [-0.2, -0.15) is 0 Å². The Labute approximate surface area is 188 Å². The third-order valence-electron chi connectivity index (χ3n) is 5.74. The predicted molar refractivity (Wildman–Crippen MR) is 124 cm³/mol. The largest absolute Gasteiger partial charge is 0.480 e. The number of likely N-dealkylation sites (tertiary alicyclic amines) is 1. The summed E-state index contributed by atoms with van der Waals surface area (Å²) in [5.41, 5.74) is 3.34. The van der Waals surface area contributed by atoms with Crippen LogP contribution in [-0.4, -0.2) is 47.5 Å². The molecule has 2 aromatic rings. The topological polar surface area (TPSA) is 111 Å². The van der Waals surface area contributed by atoms with E-state index in [1.807, 2.05) is 60.4 Å². The van der Waals surface area contributed by atoms with Gasteiger partial charge in [0.1, 0.15) is 0 Å². The van der Waals surface area contributed by atoms with Crippen LogP contribution in [0.3, 0.4) is 0 Å².